The Morgan fingerprint density at radius 1 is 1.13 bits per heavy atom. The Morgan fingerprint density at radius 2 is 1.84 bits per heavy atom. The molecule has 0 spiro atoms. The smallest absolute Gasteiger partial charge is 0.306 e. The normalized spacial score (nSPS) is 19.8. The van der Waals surface area contributed by atoms with Crippen LogP contribution in [0.25, 0.3) is 0 Å². The summed E-state index contributed by atoms with van der Waals surface area (Å²) in [5, 5.41) is 3.34. The number of fused-ring (bicyclic) bond motifs is 1. The van der Waals surface area contributed by atoms with Gasteiger partial charge in [0.15, 0.2) is 6.10 Å². The summed E-state index contributed by atoms with van der Waals surface area (Å²) in [6.45, 7) is 13.3. The minimum absolute atomic E-state index is 0.159. The van der Waals surface area contributed by atoms with Gasteiger partial charge in [0.1, 0.15) is 17.5 Å². The van der Waals surface area contributed by atoms with Gasteiger partial charge in [-0.3, -0.25) is 4.79 Å². The van der Waals surface area contributed by atoms with Crippen molar-refractivity contribution in [3.8, 4) is 5.75 Å². The van der Waals surface area contributed by atoms with Crippen molar-refractivity contribution in [1.29, 1.82) is 0 Å². The van der Waals surface area contributed by atoms with Crippen LogP contribution in [0.15, 0.2) is 48.5 Å². The standard InChI is InChI=1S/C26H35NO4/c1-7-27-19-13-14-21-20(15-19)23(29-17-18-11-9-8-10-12-18)24(26(5,6)31-21)30-22(28)16-25(2,3)4/h8-15,23-24,27H,7,16-17H2,1-6H3. The lowest BCUT2D eigenvalue weighted by atomic mass is 9.87. The molecule has 2 aromatic rings. The zero-order valence-electron chi connectivity index (χ0n) is 19.5. The third-order valence-corrected chi connectivity index (χ3v) is 5.24. The van der Waals surface area contributed by atoms with Crippen LogP contribution in [0.3, 0.4) is 0 Å². The van der Waals surface area contributed by atoms with E-state index in [0.717, 1.165) is 29.1 Å². The van der Waals surface area contributed by atoms with Gasteiger partial charge in [-0.25, -0.2) is 0 Å². The Morgan fingerprint density at radius 3 is 2.48 bits per heavy atom. The molecule has 0 fully saturated rings. The van der Waals surface area contributed by atoms with Crippen molar-refractivity contribution in [2.75, 3.05) is 11.9 Å². The quantitative estimate of drug-likeness (QED) is 0.560. The molecule has 0 saturated heterocycles. The maximum absolute atomic E-state index is 12.8. The van der Waals surface area contributed by atoms with Crippen molar-refractivity contribution < 1.29 is 19.0 Å². The number of esters is 1. The van der Waals surface area contributed by atoms with Gasteiger partial charge in [0.05, 0.1) is 13.0 Å². The molecule has 0 aliphatic carbocycles. The van der Waals surface area contributed by atoms with E-state index in [-0.39, 0.29) is 11.4 Å². The molecule has 0 aromatic heterocycles. The number of ether oxygens (including phenoxy) is 3. The maximum Gasteiger partial charge on any atom is 0.306 e. The molecule has 5 heteroatoms. The Hall–Kier alpha value is -2.53. The van der Waals surface area contributed by atoms with E-state index in [9.17, 15) is 4.79 Å². The number of hydrogen-bond acceptors (Lipinski definition) is 5. The summed E-state index contributed by atoms with van der Waals surface area (Å²) in [6.07, 6.45) is -0.688. The second kappa shape index (κ2) is 9.31. The van der Waals surface area contributed by atoms with E-state index in [1.165, 1.54) is 0 Å². The van der Waals surface area contributed by atoms with E-state index in [4.69, 9.17) is 14.2 Å². The maximum atomic E-state index is 12.8. The highest BCUT2D eigenvalue weighted by Gasteiger charge is 2.47. The first-order valence-electron chi connectivity index (χ1n) is 11.0. The first-order chi connectivity index (χ1) is 14.6. The van der Waals surface area contributed by atoms with E-state index >= 15 is 0 Å². The lowest BCUT2D eigenvalue weighted by Crippen LogP contribution is -2.52. The van der Waals surface area contributed by atoms with Crippen molar-refractivity contribution >= 4 is 11.7 Å². The Labute approximate surface area is 186 Å². The lowest BCUT2D eigenvalue weighted by Gasteiger charge is -2.44. The van der Waals surface area contributed by atoms with E-state index in [1.54, 1.807) is 0 Å². The average molecular weight is 426 g/mol. The average Bonchev–Trinajstić information content (AvgIpc) is 2.67. The van der Waals surface area contributed by atoms with Crippen molar-refractivity contribution in [2.24, 2.45) is 5.41 Å². The summed E-state index contributed by atoms with van der Waals surface area (Å²) in [4.78, 5) is 12.8. The number of hydrogen-bond donors (Lipinski definition) is 1. The third-order valence-electron chi connectivity index (χ3n) is 5.24. The predicted octanol–water partition coefficient (Wildman–Crippen LogP) is 5.90. The van der Waals surface area contributed by atoms with Crippen LogP contribution < -0.4 is 10.1 Å². The van der Waals surface area contributed by atoms with Gasteiger partial charge in [0, 0.05) is 17.8 Å². The van der Waals surface area contributed by atoms with Gasteiger partial charge in [-0.1, -0.05) is 51.1 Å². The molecule has 0 amide bonds. The largest absolute Gasteiger partial charge is 0.483 e. The second-order valence-electron chi connectivity index (χ2n) is 9.85. The van der Waals surface area contributed by atoms with Gasteiger partial charge in [-0.05, 0) is 49.9 Å². The second-order valence-corrected chi connectivity index (χ2v) is 9.85. The molecule has 1 aliphatic heterocycles. The molecule has 5 nitrogen and oxygen atoms in total. The molecule has 168 valence electrons. The van der Waals surface area contributed by atoms with Gasteiger partial charge in [0.2, 0.25) is 0 Å². The molecule has 1 aliphatic rings. The van der Waals surface area contributed by atoms with Crippen LogP contribution in [0.5, 0.6) is 5.75 Å². The molecule has 0 bridgehead atoms. The van der Waals surface area contributed by atoms with Crippen LogP contribution in [0, 0.1) is 5.41 Å². The molecule has 0 radical (unpaired) electrons. The van der Waals surface area contributed by atoms with Gasteiger partial charge in [-0.2, -0.15) is 0 Å². The predicted molar refractivity (Wildman–Crippen MR) is 123 cm³/mol. The zero-order valence-corrected chi connectivity index (χ0v) is 19.5. The van der Waals surface area contributed by atoms with Crippen molar-refractivity contribution in [2.45, 2.75) is 72.4 Å². The topological polar surface area (TPSA) is 56.8 Å². The molecule has 3 rings (SSSR count). The number of carbonyl (C=O) groups is 1. The van der Waals surface area contributed by atoms with Crippen LogP contribution in [-0.2, 0) is 20.9 Å². The Bertz CT molecular complexity index is 886. The number of nitrogens with one attached hydrogen (secondary N) is 1. The number of carbonyl (C=O) groups excluding carboxylic acids is 1. The first-order valence-corrected chi connectivity index (χ1v) is 11.0. The molecule has 1 heterocycles. The Kier molecular flexibility index (Phi) is 6.95. The van der Waals surface area contributed by atoms with Crippen LogP contribution in [0.2, 0.25) is 0 Å². The summed E-state index contributed by atoms with van der Waals surface area (Å²) >= 11 is 0. The highest BCUT2D eigenvalue weighted by molar-refractivity contribution is 5.70. The summed E-state index contributed by atoms with van der Waals surface area (Å²) in [5.41, 5.74) is 2.05. The van der Waals surface area contributed by atoms with E-state index in [2.05, 4.69) is 12.2 Å². The molecule has 2 atom stereocenters. The van der Waals surface area contributed by atoms with E-state index < -0.39 is 17.8 Å². The fraction of sp³-hybridized carbons (Fsp3) is 0.500. The van der Waals surface area contributed by atoms with Gasteiger partial charge >= 0.3 is 5.97 Å². The Balaban J connectivity index is 1.94. The van der Waals surface area contributed by atoms with Crippen molar-refractivity contribution in [3.05, 3.63) is 59.7 Å². The van der Waals surface area contributed by atoms with Crippen LogP contribution in [0.1, 0.15) is 65.2 Å². The molecule has 31 heavy (non-hydrogen) atoms. The first kappa shape index (κ1) is 23.1. The van der Waals surface area contributed by atoms with Gasteiger partial charge < -0.3 is 19.5 Å². The number of anilines is 1. The molecular weight excluding hydrogens is 390 g/mol. The van der Waals surface area contributed by atoms with Gasteiger partial charge in [-0.15, -0.1) is 0 Å². The van der Waals surface area contributed by atoms with Gasteiger partial charge in [0.25, 0.3) is 0 Å². The fourth-order valence-corrected chi connectivity index (χ4v) is 3.80. The minimum atomic E-state index is -0.735. The zero-order chi connectivity index (χ0) is 22.6. The number of rotatable bonds is 7. The monoisotopic (exact) mass is 425 g/mol. The summed E-state index contributed by atoms with van der Waals surface area (Å²) in [6, 6.07) is 16.0. The van der Waals surface area contributed by atoms with Crippen LogP contribution >= 0.6 is 0 Å². The molecule has 2 unspecified atom stereocenters. The lowest BCUT2D eigenvalue weighted by molar-refractivity contribution is -0.187. The summed E-state index contributed by atoms with van der Waals surface area (Å²) in [5.74, 6) is 0.515. The fourth-order valence-electron chi connectivity index (χ4n) is 3.80. The summed E-state index contributed by atoms with van der Waals surface area (Å²) in [7, 11) is 0. The molecular formula is C26H35NO4. The molecule has 0 saturated carbocycles. The number of benzene rings is 2. The SMILES string of the molecule is CCNc1ccc2c(c1)C(OCc1ccccc1)C(OC(=O)CC(C)(C)C)C(C)(C)O2. The van der Waals surface area contributed by atoms with Crippen molar-refractivity contribution in [1.82, 2.24) is 0 Å². The van der Waals surface area contributed by atoms with Crippen LogP contribution in [0.4, 0.5) is 5.69 Å². The third kappa shape index (κ3) is 6.01. The van der Waals surface area contributed by atoms with Crippen LogP contribution in [-0.4, -0.2) is 24.2 Å². The highest BCUT2D eigenvalue weighted by Crippen LogP contribution is 2.45. The molecule has 2 aromatic carbocycles. The highest BCUT2D eigenvalue weighted by atomic mass is 16.6. The molecule has 1 N–H and O–H groups in total. The van der Waals surface area contributed by atoms with E-state index in [1.807, 2.05) is 83.1 Å². The van der Waals surface area contributed by atoms with Crippen molar-refractivity contribution in [3.63, 3.8) is 0 Å². The van der Waals surface area contributed by atoms with E-state index in [0.29, 0.717) is 13.0 Å². The summed E-state index contributed by atoms with van der Waals surface area (Å²) < 4.78 is 18.7. The minimum Gasteiger partial charge on any atom is -0.483 e.